The van der Waals surface area contributed by atoms with Crippen LogP contribution in [-0.2, 0) is 9.84 Å². The van der Waals surface area contributed by atoms with E-state index in [9.17, 15) is 8.42 Å². The Balaban J connectivity index is 1.69. The van der Waals surface area contributed by atoms with Gasteiger partial charge in [-0.3, -0.25) is 0 Å². The van der Waals surface area contributed by atoms with E-state index in [2.05, 4.69) is 17.6 Å². The van der Waals surface area contributed by atoms with Crippen molar-refractivity contribution in [2.75, 3.05) is 18.8 Å². The van der Waals surface area contributed by atoms with Crippen molar-refractivity contribution < 1.29 is 8.42 Å². The Labute approximate surface area is 111 Å². The second-order valence-corrected chi connectivity index (χ2v) is 8.22. The first-order valence-corrected chi connectivity index (χ1v) is 8.98. The molecule has 0 aromatic heterocycles. The first kappa shape index (κ1) is 14.3. The number of hydrogen-bond donors (Lipinski definition) is 2. The zero-order valence-electron chi connectivity index (χ0n) is 11.3. The molecule has 2 aliphatic heterocycles. The molecular formula is C13H26N2O2S. The van der Waals surface area contributed by atoms with E-state index in [1.165, 1.54) is 19.3 Å². The fourth-order valence-electron chi connectivity index (χ4n) is 3.06. The van der Waals surface area contributed by atoms with Crippen LogP contribution in [0.2, 0.25) is 0 Å². The van der Waals surface area contributed by atoms with Crippen LogP contribution in [0, 0.1) is 0 Å². The number of hydrogen-bond acceptors (Lipinski definition) is 4. The Bertz CT molecular complexity index is 350. The van der Waals surface area contributed by atoms with E-state index in [4.69, 9.17) is 0 Å². The topological polar surface area (TPSA) is 58.2 Å². The third-order valence-electron chi connectivity index (χ3n) is 4.21. The van der Waals surface area contributed by atoms with Crippen LogP contribution in [0.25, 0.3) is 0 Å². The molecule has 2 fully saturated rings. The summed E-state index contributed by atoms with van der Waals surface area (Å²) < 4.78 is 23.4. The number of sulfone groups is 1. The predicted molar refractivity (Wildman–Crippen MR) is 74.5 cm³/mol. The second-order valence-electron chi connectivity index (χ2n) is 5.82. The molecule has 0 aliphatic carbocycles. The maximum absolute atomic E-state index is 11.7. The van der Waals surface area contributed by atoms with Crippen molar-refractivity contribution >= 4 is 9.84 Å². The average Bonchev–Trinajstić information content (AvgIpc) is 2.67. The standard InChI is InChI=1S/C13H26N2O2S/c1-11(9-12-5-2-3-7-14-12)15-10-13-6-4-8-18(13,16)17/h11-15H,2-10H2,1H3. The number of nitrogens with one attached hydrogen (secondary N) is 2. The minimum atomic E-state index is -2.79. The third kappa shape index (κ3) is 3.93. The second kappa shape index (κ2) is 6.35. The van der Waals surface area contributed by atoms with Gasteiger partial charge in [0, 0.05) is 18.6 Å². The van der Waals surface area contributed by atoms with Crippen LogP contribution >= 0.6 is 0 Å². The van der Waals surface area contributed by atoms with Crippen LogP contribution in [0.4, 0.5) is 0 Å². The molecule has 2 rings (SSSR count). The van der Waals surface area contributed by atoms with Gasteiger partial charge in [-0.2, -0.15) is 0 Å². The van der Waals surface area contributed by atoms with Gasteiger partial charge >= 0.3 is 0 Å². The summed E-state index contributed by atoms with van der Waals surface area (Å²) in [6, 6.07) is 1.01. The smallest absolute Gasteiger partial charge is 0.154 e. The summed E-state index contributed by atoms with van der Waals surface area (Å²) >= 11 is 0. The molecule has 18 heavy (non-hydrogen) atoms. The van der Waals surface area contributed by atoms with Gasteiger partial charge in [-0.1, -0.05) is 6.42 Å². The van der Waals surface area contributed by atoms with Gasteiger partial charge in [0.05, 0.1) is 11.0 Å². The van der Waals surface area contributed by atoms with Crippen molar-refractivity contribution in [2.45, 2.75) is 62.8 Å². The lowest BCUT2D eigenvalue weighted by Gasteiger charge is -2.27. The monoisotopic (exact) mass is 274 g/mol. The van der Waals surface area contributed by atoms with E-state index in [0.29, 0.717) is 24.4 Å². The maximum Gasteiger partial charge on any atom is 0.154 e. The number of rotatable bonds is 5. The van der Waals surface area contributed by atoms with E-state index < -0.39 is 9.84 Å². The van der Waals surface area contributed by atoms with Crippen LogP contribution in [0.3, 0.4) is 0 Å². The third-order valence-corrected chi connectivity index (χ3v) is 6.48. The first-order valence-electron chi connectivity index (χ1n) is 7.26. The molecule has 5 heteroatoms. The van der Waals surface area contributed by atoms with Crippen molar-refractivity contribution in [3.8, 4) is 0 Å². The van der Waals surface area contributed by atoms with Gasteiger partial charge in [0.1, 0.15) is 0 Å². The summed E-state index contributed by atoms with van der Waals surface area (Å²) in [5.41, 5.74) is 0. The van der Waals surface area contributed by atoms with Gasteiger partial charge in [-0.15, -0.1) is 0 Å². The highest BCUT2D eigenvalue weighted by Gasteiger charge is 2.31. The molecule has 0 spiro atoms. The van der Waals surface area contributed by atoms with Crippen LogP contribution in [0.1, 0.15) is 45.4 Å². The molecule has 106 valence electrons. The van der Waals surface area contributed by atoms with E-state index >= 15 is 0 Å². The van der Waals surface area contributed by atoms with Gasteiger partial charge in [0.25, 0.3) is 0 Å². The highest BCUT2D eigenvalue weighted by molar-refractivity contribution is 7.92. The first-order chi connectivity index (χ1) is 8.58. The molecular weight excluding hydrogens is 248 g/mol. The fraction of sp³-hybridized carbons (Fsp3) is 1.00. The molecule has 3 atom stereocenters. The molecule has 2 N–H and O–H groups in total. The predicted octanol–water partition coefficient (Wildman–Crippen LogP) is 1.07. The molecule has 3 unspecified atom stereocenters. The van der Waals surface area contributed by atoms with Gasteiger partial charge in [-0.05, 0) is 45.6 Å². The Morgan fingerprint density at radius 2 is 2.11 bits per heavy atom. The molecule has 0 amide bonds. The fourth-order valence-corrected chi connectivity index (χ4v) is 4.83. The lowest BCUT2D eigenvalue weighted by atomic mass is 9.99. The van der Waals surface area contributed by atoms with Crippen LogP contribution in [0.15, 0.2) is 0 Å². The van der Waals surface area contributed by atoms with Crippen molar-refractivity contribution in [2.24, 2.45) is 0 Å². The summed E-state index contributed by atoms with van der Waals surface area (Å²) in [5, 5.41) is 6.80. The van der Waals surface area contributed by atoms with Crippen LogP contribution < -0.4 is 10.6 Å². The largest absolute Gasteiger partial charge is 0.314 e. The highest BCUT2D eigenvalue weighted by Crippen LogP contribution is 2.19. The normalized spacial score (nSPS) is 33.4. The van der Waals surface area contributed by atoms with Gasteiger partial charge < -0.3 is 10.6 Å². The summed E-state index contributed by atoms with van der Waals surface area (Å²) in [6.45, 7) is 3.93. The lowest BCUT2D eigenvalue weighted by molar-refractivity contribution is 0.345. The Kier molecular flexibility index (Phi) is 5.04. The highest BCUT2D eigenvalue weighted by atomic mass is 32.2. The van der Waals surface area contributed by atoms with Crippen molar-refractivity contribution in [3.63, 3.8) is 0 Å². The van der Waals surface area contributed by atoms with Gasteiger partial charge in [0.2, 0.25) is 0 Å². The molecule has 0 radical (unpaired) electrons. The van der Waals surface area contributed by atoms with Gasteiger partial charge in [0.15, 0.2) is 9.84 Å². The Hall–Kier alpha value is -0.130. The summed E-state index contributed by atoms with van der Waals surface area (Å²) in [5.74, 6) is 0.387. The van der Waals surface area contributed by atoms with Crippen LogP contribution in [0.5, 0.6) is 0 Å². The minimum Gasteiger partial charge on any atom is -0.314 e. The Morgan fingerprint density at radius 1 is 1.28 bits per heavy atom. The molecule has 4 nitrogen and oxygen atoms in total. The summed E-state index contributed by atoms with van der Waals surface area (Å²) in [4.78, 5) is 0. The van der Waals surface area contributed by atoms with Gasteiger partial charge in [-0.25, -0.2) is 8.42 Å². The zero-order valence-corrected chi connectivity index (χ0v) is 12.1. The lowest BCUT2D eigenvalue weighted by Crippen LogP contribution is -2.42. The zero-order chi connectivity index (χ0) is 13.0. The van der Waals surface area contributed by atoms with Crippen LogP contribution in [-0.4, -0.2) is 44.6 Å². The SMILES string of the molecule is CC(CC1CCCCN1)NCC1CCCS1(=O)=O. The quantitative estimate of drug-likeness (QED) is 0.787. The van der Waals surface area contributed by atoms with E-state index in [1.807, 2.05) is 0 Å². The molecule has 0 aromatic rings. The van der Waals surface area contributed by atoms with Crippen molar-refractivity contribution in [1.29, 1.82) is 0 Å². The summed E-state index contributed by atoms with van der Waals surface area (Å²) in [7, 11) is -2.79. The maximum atomic E-state index is 11.7. The van der Waals surface area contributed by atoms with E-state index in [1.54, 1.807) is 0 Å². The Morgan fingerprint density at radius 3 is 2.72 bits per heavy atom. The molecule has 2 heterocycles. The number of piperidine rings is 1. The molecule has 2 aliphatic rings. The summed E-state index contributed by atoms with van der Waals surface area (Å²) in [6.07, 6.45) is 6.65. The average molecular weight is 274 g/mol. The molecule has 0 saturated carbocycles. The van der Waals surface area contributed by atoms with E-state index in [0.717, 1.165) is 25.8 Å². The molecule has 0 bridgehead atoms. The van der Waals surface area contributed by atoms with E-state index in [-0.39, 0.29) is 5.25 Å². The minimum absolute atomic E-state index is 0.140. The van der Waals surface area contributed by atoms with Crippen molar-refractivity contribution in [1.82, 2.24) is 10.6 Å². The van der Waals surface area contributed by atoms with Crippen molar-refractivity contribution in [3.05, 3.63) is 0 Å². The molecule has 2 saturated heterocycles. The molecule has 0 aromatic carbocycles.